The molecule has 4 rings (SSSR count). The topological polar surface area (TPSA) is 63.1 Å². The Balaban J connectivity index is 0.00000196. The summed E-state index contributed by atoms with van der Waals surface area (Å²) in [6.45, 7) is 2.55. The Morgan fingerprint density at radius 3 is 2.54 bits per heavy atom. The molecule has 1 saturated heterocycles. The highest BCUT2D eigenvalue weighted by Crippen LogP contribution is 2.30. The number of benzene rings is 1. The lowest BCUT2D eigenvalue weighted by molar-refractivity contribution is 0.0723. The normalized spacial score (nSPS) is 17.6. The highest BCUT2D eigenvalue weighted by molar-refractivity contribution is 6.30. The van der Waals surface area contributed by atoms with Gasteiger partial charge < -0.3 is 10.2 Å². The van der Waals surface area contributed by atoms with E-state index in [0.717, 1.165) is 44.3 Å². The van der Waals surface area contributed by atoms with Crippen LogP contribution in [0.25, 0.3) is 0 Å². The van der Waals surface area contributed by atoms with E-state index in [1.807, 2.05) is 40.0 Å². The summed E-state index contributed by atoms with van der Waals surface area (Å²) in [6.07, 6.45) is 5.97. The number of nitrogens with zero attached hydrogens (tertiary/aromatic N) is 4. The molecule has 2 fully saturated rings. The van der Waals surface area contributed by atoms with Gasteiger partial charge in [0.25, 0.3) is 5.91 Å². The largest absolute Gasteiger partial charge is 0.330 e. The number of halogens is 2. The number of aromatic nitrogens is 3. The maximum Gasteiger partial charge on any atom is 0.276 e. The number of hydrogen-bond acceptors (Lipinski definition) is 4. The van der Waals surface area contributed by atoms with Gasteiger partial charge >= 0.3 is 0 Å². The van der Waals surface area contributed by atoms with E-state index < -0.39 is 0 Å². The Morgan fingerprint density at radius 1 is 1.19 bits per heavy atom. The molecule has 1 aromatic heterocycles. The van der Waals surface area contributed by atoms with Crippen molar-refractivity contribution in [3.05, 3.63) is 46.7 Å². The zero-order chi connectivity index (χ0) is 17.2. The van der Waals surface area contributed by atoms with Crippen LogP contribution in [-0.2, 0) is 6.54 Å². The molecule has 2 aliphatic rings. The molecule has 0 bridgehead atoms. The molecule has 2 aromatic rings. The number of carbonyl (C=O) groups excluding carboxylic acids is 1. The molecule has 2 heterocycles. The lowest BCUT2D eigenvalue weighted by Gasteiger charge is -2.22. The van der Waals surface area contributed by atoms with Crippen molar-refractivity contribution >= 4 is 29.9 Å². The minimum atomic E-state index is -0.0300. The summed E-state index contributed by atoms with van der Waals surface area (Å²) in [4.78, 5) is 14.9. The molecule has 1 N–H and O–H groups in total. The quantitative estimate of drug-likeness (QED) is 0.844. The van der Waals surface area contributed by atoms with Gasteiger partial charge in [-0.05, 0) is 56.5 Å². The first kappa shape index (κ1) is 19.1. The number of nitrogens with one attached hydrogen (secondary N) is 1. The molecular formula is C18H23Cl2N5O. The van der Waals surface area contributed by atoms with Crippen LogP contribution in [0.2, 0.25) is 5.02 Å². The van der Waals surface area contributed by atoms with Crippen molar-refractivity contribution in [3.63, 3.8) is 0 Å². The third-order valence-electron chi connectivity index (χ3n) is 4.93. The van der Waals surface area contributed by atoms with Gasteiger partial charge in [0.1, 0.15) is 0 Å². The second kappa shape index (κ2) is 8.37. The van der Waals surface area contributed by atoms with E-state index in [9.17, 15) is 4.79 Å². The zero-order valence-electron chi connectivity index (χ0n) is 14.5. The van der Waals surface area contributed by atoms with E-state index in [-0.39, 0.29) is 18.3 Å². The molecule has 26 heavy (non-hydrogen) atoms. The van der Waals surface area contributed by atoms with Crippen LogP contribution in [0.4, 0.5) is 0 Å². The number of amides is 1. The van der Waals surface area contributed by atoms with Gasteiger partial charge in [0.05, 0.1) is 12.2 Å². The van der Waals surface area contributed by atoms with Crippen LogP contribution in [0.1, 0.15) is 47.8 Å². The standard InChI is InChI=1S/C18H22ClN5O.ClH/c19-14-3-1-13(2-4-14)11-23(15-5-6-15)18(25)17-12-24(22-21-17)16-7-9-20-10-8-16;/h1-4,12,15-16,20H,5-11H2;1H. The molecular weight excluding hydrogens is 373 g/mol. The first-order valence-electron chi connectivity index (χ1n) is 8.88. The summed E-state index contributed by atoms with van der Waals surface area (Å²) in [5.41, 5.74) is 1.52. The molecule has 1 aliphatic heterocycles. The first-order valence-corrected chi connectivity index (χ1v) is 9.26. The minimum absolute atomic E-state index is 0. The lowest BCUT2D eigenvalue weighted by atomic mass is 10.1. The Hall–Kier alpha value is -1.63. The van der Waals surface area contributed by atoms with Crippen LogP contribution in [-0.4, -0.2) is 44.9 Å². The summed E-state index contributed by atoms with van der Waals surface area (Å²) >= 11 is 5.95. The summed E-state index contributed by atoms with van der Waals surface area (Å²) in [7, 11) is 0. The van der Waals surface area contributed by atoms with E-state index in [1.54, 1.807) is 0 Å². The summed E-state index contributed by atoms with van der Waals surface area (Å²) in [6, 6.07) is 8.31. The molecule has 1 saturated carbocycles. The third-order valence-corrected chi connectivity index (χ3v) is 5.18. The maximum atomic E-state index is 13.0. The fraction of sp³-hybridized carbons (Fsp3) is 0.500. The minimum Gasteiger partial charge on any atom is -0.330 e. The lowest BCUT2D eigenvalue weighted by Crippen LogP contribution is -2.33. The van der Waals surface area contributed by atoms with Crippen molar-refractivity contribution in [2.24, 2.45) is 0 Å². The van der Waals surface area contributed by atoms with Crippen LogP contribution in [0.5, 0.6) is 0 Å². The molecule has 1 amide bonds. The molecule has 8 heteroatoms. The molecule has 1 aromatic carbocycles. The van der Waals surface area contributed by atoms with Gasteiger partial charge in [-0.25, -0.2) is 4.68 Å². The van der Waals surface area contributed by atoms with E-state index in [2.05, 4.69) is 15.6 Å². The average Bonchev–Trinajstić information content (AvgIpc) is 3.37. The predicted octanol–water partition coefficient (Wildman–Crippen LogP) is 3.08. The molecule has 1 aliphatic carbocycles. The van der Waals surface area contributed by atoms with Crippen molar-refractivity contribution in [2.75, 3.05) is 13.1 Å². The van der Waals surface area contributed by atoms with Gasteiger partial charge in [-0.15, -0.1) is 17.5 Å². The van der Waals surface area contributed by atoms with Crippen LogP contribution < -0.4 is 5.32 Å². The predicted molar refractivity (Wildman–Crippen MR) is 103 cm³/mol. The number of hydrogen-bond donors (Lipinski definition) is 1. The van der Waals surface area contributed by atoms with Gasteiger partial charge in [-0.2, -0.15) is 0 Å². The van der Waals surface area contributed by atoms with Gasteiger partial charge in [-0.1, -0.05) is 28.9 Å². The van der Waals surface area contributed by atoms with Crippen LogP contribution >= 0.6 is 24.0 Å². The van der Waals surface area contributed by atoms with E-state index >= 15 is 0 Å². The van der Waals surface area contributed by atoms with E-state index in [0.29, 0.717) is 29.3 Å². The Kier molecular flexibility index (Phi) is 6.16. The van der Waals surface area contributed by atoms with Crippen LogP contribution in [0.15, 0.2) is 30.5 Å². The highest BCUT2D eigenvalue weighted by atomic mass is 35.5. The van der Waals surface area contributed by atoms with Crippen molar-refractivity contribution in [1.29, 1.82) is 0 Å². The van der Waals surface area contributed by atoms with Crippen molar-refractivity contribution in [2.45, 2.75) is 44.3 Å². The average molecular weight is 396 g/mol. The first-order chi connectivity index (χ1) is 12.2. The second-order valence-corrected chi connectivity index (χ2v) is 7.29. The highest BCUT2D eigenvalue weighted by Gasteiger charge is 2.34. The van der Waals surface area contributed by atoms with Crippen LogP contribution in [0.3, 0.4) is 0 Å². The number of carbonyl (C=O) groups is 1. The Bertz CT molecular complexity index is 738. The summed E-state index contributed by atoms with van der Waals surface area (Å²) < 4.78 is 1.86. The van der Waals surface area contributed by atoms with Gasteiger partial charge in [0, 0.05) is 17.6 Å². The van der Waals surface area contributed by atoms with Crippen molar-refractivity contribution in [1.82, 2.24) is 25.2 Å². The fourth-order valence-corrected chi connectivity index (χ4v) is 3.44. The molecule has 0 spiro atoms. The molecule has 0 unspecified atom stereocenters. The number of piperidine rings is 1. The molecule has 0 atom stereocenters. The Morgan fingerprint density at radius 2 is 1.88 bits per heavy atom. The summed E-state index contributed by atoms with van der Waals surface area (Å²) in [5.74, 6) is -0.0300. The smallest absolute Gasteiger partial charge is 0.276 e. The van der Waals surface area contributed by atoms with Gasteiger partial charge in [0.2, 0.25) is 0 Å². The van der Waals surface area contributed by atoms with E-state index in [1.165, 1.54) is 0 Å². The van der Waals surface area contributed by atoms with Gasteiger partial charge in [-0.3, -0.25) is 4.79 Å². The molecule has 140 valence electrons. The zero-order valence-corrected chi connectivity index (χ0v) is 16.0. The maximum absolute atomic E-state index is 13.0. The summed E-state index contributed by atoms with van der Waals surface area (Å²) in [5, 5.41) is 12.4. The number of rotatable bonds is 5. The van der Waals surface area contributed by atoms with Crippen molar-refractivity contribution in [3.8, 4) is 0 Å². The Labute approximate surface area is 164 Å². The van der Waals surface area contributed by atoms with E-state index in [4.69, 9.17) is 11.6 Å². The molecule has 0 radical (unpaired) electrons. The van der Waals surface area contributed by atoms with Crippen LogP contribution in [0, 0.1) is 0 Å². The second-order valence-electron chi connectivity index (χ2n) is 6.86. The fourth-order valence-electron chi connectivity index (χ4n) is 3.31. The van der Waals surface area contributed by atoms with Crippen molar-refractivity contribution < 1.29 is 4.79 Å². The molecule has 6 nitrogen and oxygen atoms in total. The SMILES string of the molecule is Cl.O=C(c1cn(C2CCNCC2)nn1)N(Cc1ccc(Cl)cc1)C1CC1. The third kappa shape index (κ3) is 4.37. The van der Waals surface area contributed by atoms with Gasteiger partial charge in [0.15, 0.2) is 5.69 Å². The monoisotopic (exact) mass is 395 g/mol.